The van der Waals surface area contributed by atoms with Crippen LogP contribution in [-0.4, -0.2) is 57.8 Å². The number of hydrogen-bond acceptors (Lipinski definition) is 9. The molecule has 0 unspecified atom stereocenters. The molecule has 2 aromatic rings. The lowest BCUT2D eigenvalue weighted by Crippen LogP contribution is -2.44. The molecule has 1 saturated carbocycles. The Morgan fingerprint density at radius 3 is 2.57 bits per heavy atom. The number of amidine groups is 1. The minimum atomic E-state index is -0.781. The Labute approximate surface area is 215 Å². The van der Waals surface area contributed by atoms with Crippen molar-refractivity contribution in [2.24, 2.45) is 16.5 Å². The van der Waals surface area contributed by atoms with E-state index in [1.807, 2.05) is 25.1 Å². The number of nitrogens with two attached hydrogens (primary N) is 2. The van der Waals surface area contributed by atoms with Gasteiger partial charge in [-0.05, 0) is 43.4 Å². The van der Waals surface area contributed by atoms with E-state index < -0.39 is 12.0 Å². The lowest BCUT2D eigenvalue weighted by molar-refractivity contribution is -0.133. The topological polar surface area (TPSA) is 166 Å². The maximum Gasteiger partial charge on any atom is 0.414 e. The van der Waals surface area contributed by atoms with Gasteiger partial charge in [0.1, 0.15) is 24.3 Å². The van der Waals surface area contributed by atoms with E-state index in [1.54, 1.807) is 18.5 Å². The van der Waals surface area contributed by atoms with E-state index in [0.29, 0.717) is 30.1 Å². The zero-order valence-corrected chi connectivity index (χ0v) is 20.8. The highest BCUT2D eigenvalue weighted by atomic mass is 16.6. The van der Waals surface area contributed by atoms with E-state index in [-0.39, 0.29) is 37.4 Å². The molecule has 0 radical (unpaired) electrons. The average molecular weight is 506 g/mol. The summed E-state index contributed by atoms with van der Waals surface area (Å²) >= 11 is 0. The molecule has 0 bridgehead atoms. The van der Waals surface area contributed by atoms with Gasteiger partial charge in [-0.25, -0.2) is 19.8 Å². The van der Waals surface area contributed by atoms with Crippen LogP contribution in [0.3, 0.4) is 0 Å². The summed E-state index contributed by atoms with van der Waals surface area (Å²) in [6.07, 6.45) is 7.58. The van der Waals surface area contributed by atoms with E-state index in [1.165, 1.54) is 4.90 Å². The van der Waals surface area contributed by atoms with Crippen LogP contribution in [-0.2, 0) is 20.9 Å². The van der Waals surface area contributed by atoms with Crippen molar-refractivity contribution in [2.45, 2.75) is 51.7 Å². The van der Waals surface area contributed by atoms with Gasteiger partial charge in [0, 0.05) is 42.1 Å². The third-order valence-electron chi connectivity index (χ3n) is 6.17. The van der Waals surface area contributed by atoms with Crippen molar-refractivity contribution in [3.05, 3.63) is 47.6 Å². The van der Waals surface area contributed by atoms with Crippen LogP contribution in [0.15, 0.2) is 41.2 Å². The molecule has 0 spiro atoms. The molecule has 1 aromatic carbocycles. The van der Waals surface area contributed by atoms with E-state index in [0.717, 1.165) is 36.0 Å². The van der Waals surface area contributed by atoms with Crippen molar-refractivity contribution >= 4 is 35.5 Å². The molecular formula is C26H31N7O4. The fraction of sp³-hybridized carbons (Fsp3) is 0.385. The van der Waals surface area contributed by atoms with E-state index in [9.17, 15) is 14.4 Å². The Balaban J connectivity index is 1.50. The number of nitrogens with zero attached hydrogens (tertiary/aromatic N) is 4. The third-order valence-corrected chi connectivity index (χ3v) is 6.17. The molecule has 0 saturated heterocycles. The first kappa shape index (κ1) is 26.0. The number of benzene rings is 1. The van der Waals surface area contributed by atoms with Gasteiger partial charge in [-0.3, -0.25) is 14.9 Å². The second kappa shape index (κ2) is 11.7. The summed E-state index contributed by atoms with van der Waals surface area (Å²) < 4.78 is 5.17. The summed E-state index contributed by atoms with van der Waals surface area (Å²) in [7, 11) is 0. The van der Waals surface area contributed by atoms with Crippen molar-refractivity contribution in [1.29, 1.82) is 0 Å². The quantitative estimate of drug-likeness (QED) is 0.492. The minimum absolute atomic E-state index is 0.128. The predicted octanol–water partition coefficient (Wildman–Crippen LogP) is 2.42. The number of carbonyl (C=O) groups is 3. The van der Waals surface area contributed by atoms with E-state index in [4.69, 9.17) is 16.2 Å². The fourth-order valence-electron chi connectivity index (χ4n) is 4.04. The monoisotopic (exact) mass is 505 g/mol. The van der Waals surface area contributed by atoms with Crippen molar-refractivity contribution in [1.82, 2.24) is 20.2 Å². The molecule has 0 atom stereocenters. The van der Waals surface area contributed by atoms with Gasteiger partial charge in [0.05, 0.1) is 12.2 Å². The van der Waals surface area contributed by atoms with Gasteiger partial charge in [-0.1, -0.05) is 19.1 Å². The van der Waals surface area contributed by atoms with Crippen LogP contribution in [0.25, 0.3) is 17.2 Å². The molecule has 1 aromatic heterocycles. The zero-order chi connectivity index (χ0) is 26.4. The van der Waals surface area contributed by atoms with Crippen LogP contribution in [0.2, 0.25) is 0 Å². The Morgan fingerprint density at radius 2 is 1.92 bits per heavy atom. The summed E-state index contributed by atoms with van der Waals surface area (Å²) in [5.41, 5.74) is 15.1. The fourth-order valence-corrected chi connectivity index (χ4v) is 4.04. The Morgan fingerprint density at radius 1 is 1.16 bits per heavy atom. The number of fused-ring (bicyclic) bond motifs is 1. The third kappa shape index (κ3) is 6.56. The predicted molar refractivity (Wildman–Crippen MR) is 138 cm³/mol. The number of amides is 3. The maximum atomic E-state index is 13.4. The number of carbonyl (C=O) groups excluding carboxylic acids is 3. The summed E-state index contributed by atoms with van der Waals surface area (Å²) in [6.45, 7) is 2.23. The number of aromatic nitrogens is 2. The highest BCUT2D eigenvalue weighted by Crippen LogP contribution is 2.31. The minimum Gasteiger partial charge on any atom is -0.446 e. The largest absolute Gasteiger partial charge is 0.446 e. The van der Waals surface area contributed by atoms with Gasteiger partial charge in [0.15, 0.2) is 0 Å². The summed E-state index contributed by atoms with van der Waals surface area (Å²) in [5.74, 6) is -0.122. The standard InChI is InChI=1S/C26H31N7O4/c1-2-8-33(15-24(34)32-26(36)37-20-4-3-5-20)25(35)18-9-17-7-6-16(10-21(17)31-22(28)11-18)19-13-29-23(12-27)30-14-19/h6-7,9-10,13-14,20H,2-5,8,11-12,15,27H2,1H3,(H2,28,31)(H,32,34,36). The van der Waals surface area contributed by atoms with Crippen LogP contribution >= 0.6 is 0 Å². The molecule has 1 fully saturated rings. The molecular weight excluding hydrogens is 474 g/mol. The normalized spacial score (nSPS) is 14.9. The number of nitrogens with one attached hydrogen (secondary N) is 1. The van der Waals surface area contributed by atoms with Gasteiger partial charge < -0.3 is 21.1 Å². The molecule has 3 amide bonds. The van der Waals surface area contributed by atoms with Gasteiger partial charge in [-0.15, -0.1) is 0 Å². The van der Waals surface area contributed by atoms with Crippen LogP contribution in [0, 0.1) is 0 Å². The van der Waals surface area contributed by atoms with Crippen LogP contribution in [0.1, 0.15) is 50.4 Å². The van der Waals surface area contributed by atoms with Gasteiger partial charge in [0.2, 0.25) is 5.91 Å². The summed E-state index contributed by atoms with van der Waals surface area (Å²) in [5, 5.41) is 2.21. The van der Waals surface area contributed by atoms with Crippen molar-refractivity contribution in [3.63, 3.8) is 0 Å². The number of rotatable bonds is 8. The molecule has 11 nitrogen and oxygen atoms in total. The second-order valence-corrected chi connectivity index (χ2v) is 9.05. The number of hydrogen-bond donors (Lipinski definition) is 3. The first-order chi connectivity index (χ1) is 17.9. The van der Waals surface area contributed by atoms with Crippen molar-refractivity contribution < 1.29 is 19.1 Å². The van der Waals surface area contributed by atoms with Gasteiger partial charge in [0.25, 0.3) is 5.91 Å². The van der Waals surface area contributed by atoms with Crippen LogP contribution in [0.5, 0.6) is 0 Å². The molecule has 1 aliphatic heterocycles. The van der Waals surface area contributed by atoms with Gasteiger partial charge >= 0.3 is 6.09 Å². The molecule has 11 heteroatoms. The molecule has 194 valence electrons. The zero-order valence-electron chi connectivity index (χ0n) is 20.8. The maximum absolute atomic E-state index is 13.4. The van der Waals surface area contributed by atoms with Crippen LogP contribution < -0.4 is 16.8 Å². The number of aliphatic imine (C=N–C) groups is 1. The highest BCUT2D eigenvalue weighted by Gasteiger charge is 2.26. The number of ether oxygens (including phenoxy) is 1. The molecule has 4 rings (SSSR count). The van der Waals surface area contributed by atoms with Crippen LogP contribution in [0.4, 0.5) is 10.5 Å². The Bertz CT molecular complexity index is 1240. The molecule has 2 heterocycles. The lowest BCUT2D eigenvalue weighted by Gasteiger charge is -2.26. The number of imide groups is 1. The second-order valence-electron chi connectivity index (χ2n) is 9.05. The Hall–Kier alpha value is -4.12. The van der Waals surface area contributed by atoms with Crippen molar-refractivity contribution in [3.8, 4) is 11.1 Å². The molecule has 37 heavy (non-hydrogen) atoms. The summed E-state index contributed by atoms with van der Waals surface area (Å²) in [4.78, 5) is 52.2. The molecule has 1 aliphatic carbocycles. The Kier molecular flexibility index (Phi) is 8.24. The van der Waals surface area contributed by atoms with E-state index in [2.05, 4.69) is 20.3 Å². The SMILES string of the molecule is CCCN(CC(=O)NC(=O)OC1CCC1)C(=O)C1=Cc2ccc(-c3cnc(CN)nc3)cc2N=C(N)C1. The first-order valence-corrected chi connectivity index (χ1v) is 12.3. The molecule has 2 aliphatic rings. The molecule has 5 N–H and O–H groups in total. The smallest absolute Gasteiger partial charge is 0.414 e. The van der Waals surface area contributed by atoms with E-state index >= 15 is 0 Å². The van der Waals surface area contributed by atoms with Gasteiger partial charge in [-0.2, -0.15) is 0 Å². The number of alkyl carbamates (subject to hydrolysis) is 1. The highest BCUT2D eigenvalue weighted by molar-refractivity contribution is 6.07. The van der Waals surface area contributed by atoms with Crippen molar-refractivity contribution in [2.75, 3.05) is 13.1 Å². The lowest BCUT2D eigenvalue weighted by atomic mass is 9.96. The first-order valence-electron chi connectivity index (χ1n) is 12.3. The summed E-state index contributed by atoms with van der Waals surface area (Å²) in [6, 6.07) is 5.60. The average Bonchev–Trinajstić information content (AvgIpc) is 3.03.